The molecule has 0 fully saturated rings. The molecule has 0 spiro atoms. The quantitative estimate of drug-likeness (QED) is 0.795. The third kappa shape index (κ3) is 4.79. The van der Waals surface area contributed by atoms with E-state index in [0.29, 0.717) is 10.6 Å². The highest BCUT2D eigenvalue weighted by atomic mass is 35.5. The lowest BCUT2D eigenvalue weighted by molar-refractivity contribution is -0.141. The number of hydrogen-bond acceptors (Lipinski definition) is 3. The van der Waals surface area contributed by atoms with Gasteiger partial charge in [0.15, 0.2) is 0 Å². The molecule has 5 nitrogen and oxygen atoms in total. The normalized spacial score (nSPS) is 12.2. The molecule has 0 radical (unpaired) electrons. The number of alkyl halides is 3. The molecule has 1 amide bonds. The Morgan fingerprint density at radius 2 is 1.81 bits per heavy atom. The minimum Gasteiger partial charge on any atom is -0.350 e. The topological polar surface area (TPSA) is 79.0 Å². The molecule has 1 heterocycles. The minimum absolute atomic E-state index is 0.0887. The van der Waals surface area contributed by atoms with Crippen LogP contribution in [0.1, 0.15) is 21.7 Å². The number of rotatable bonds is 5. The van der Waals surface area contributed by atoms with Crippen LogP contribution < -0.4 is 5.32 Å². The summed E-state index contributed by atoms with van der Waals surface area (Å²) in [6.07, 6.45) is -3.67. The van der Waals surface area contributed by atoms with E-state index in [9.17, 15) is 26.4 Å². The second-order valence-electron chi connectivity index (χ2n) is 5.77. The summed E-state index contributed by atoms with van der Waals surface area (Å²) in [4.78, 5) is 14.5. The Morgan fingerprint density at radius 1 is 1.23 bits per heavy atom. The molecule has 0 saturated heterocycles. The van der Waals surface area contributed by atoms with Gasteiger partial charge in [0.1, 0.15) is 21.2 Å². The van der Waals surface area contributed by atoms with Crippen LogP contribution >= 0.6 is 11.6 Å². The van der Waals surface area contributed by atoms with Crippen LogP contribution in [0.2, 0.25) is 5.02 Å². The Morgan fingerprint density at radius 3 is 2.31 bits per heavy atom. The highest BCUT2D eigenvalue weighted by molar-refractivity contribution is 7.90. The molecule has 0 aliphatic carbocycles. The molecule has 0 saturated carbocycles. The molecule has 1 aromatic heterocycles. The molecular weight excluding hydrogens is 393 g/mol. The van der Waals surface area contributed by atoms with Crippen LogP contribution in [0.15, 0.2) is 24.3 Å². The number of aromatic nitrogens is 1. The van der Waals surface area contributed by atoms with Crippen molar-refractivity contribution in [3.05, 3.63) is 46.2 Å². The van der Waals surface area contributed by atoms with Crippen molar-refractivity contribution in [2.45, 2.75) is 13.1 Å². The molecule has 142 valence electrons. The summed E-state index contributed by atoms with van der Waals surface area (Å²) in [5, 5.41) is 2.73. The predicted octanol–water partition coefficient (Wildman–Crippen LogP) is 3.44. The smallest absolute Gasteiger partial charge is 0.350 e. The van der Waals surface area contributed by atoms with Gasteiger partial charge in [-0.3, -0.25) is 4.79 Å². The average molecular weight is 409 g/mol. The molecule has 2 rings (SSSR count). The Balaban J connectivity index is 2.46. The van der Waals surface area contributed by atoms with Gasteiger partial charge in [-0.1, -0.05) is 23.7 Å². The first kappa shape index (κ1) is 20.3. The fraction of sp³-hybridized carbons (Fsp3) is 0.312. The van der Waals surface area contributed by atoms with Crippen LogP contribution in [0, 0.1) is 6.92 Å². The number of halogens is 4. The van der Waals surface area contributed by atoms with E-state index in [-0.39, 0.29) is 29.1 Å². The molecule has 10 heteroatoms. The number of sulfone groups is 1. The highest BCUT2D eigenvalue weighted by Crippen LogP contribution is 2.38. The van der Waals surface area contributed by atoms with Crippen molar-refractivity contribution in [2.24, 2.45) is 0 Å². The number of aromatic amines is 1. The fourth-order valence-electron chi connectivity index (χ4n) is 2.46. The van der Waals surface area contributed by atoms with Crippen molar-refractivity contribution in [3.63, 3.8) is 0 Å². The first-order valence-corrected chi connectivity index (χ1v) is 9.85. The lowest BCUT2D eigenvalue weighted by Gasteiger charge is -2.07. The van der Waals surface area contributed by atoms with Crippen molar-refractivity contribution in [2.75, 3.05) is 18.6 Å². The van der Waals surface area contributed by atoms with Gasteiger partial charge in [0.2, 0.25) is 0 Å². The number of carbonyl (C=O) groups excluding carboxylic acids is 1. The summed E-state index contributed by atoms with van der Waals surface area (Å²) in [6, 6.07) is 6.02. The summed E-state index contributed by atoms with van der Waals surface area (Å²) in [5.41, 5.74) is -0.979. The standard InChI is InChI=1S/C16H16ClF3N2O3S/c1-9-12(10-3-5-11(17)6-4-10)13(22-14(9)16(18,19)20)15(23)21-7-8-26(2,24)25/h3-6,22H,7-8H2,1-2H3,(H,21,23). The van der Waals surface area contributed by atoms with E-state index in [1.807, 2.05) is 0 Å². The van der Waals surface area contributed by atoms with E-state index < -0.39 is 27.6 Å². The largest absolute Gasteiger partial charge is 0.431 e. The Hall–Kier alpha value is -2.00. The summed E-state index contributed by atoms with van der Waals surface area (Å²) < 4.78 is 62.0. The lowest BCUT2D eigenvalue weighted by Crippen LogP contribution is -2.29. The summed E-state index contributed by atoms with van der Waals surface area (Å²) >= 11 is 5.81. The number of nitrogens with one attached hydrogen (secondary N) is 2. The van der Waals surface area contributed by atoms with Crippen molar-refractivity contribution in [1.29, 1.82) is 0 Å². The SMILES string of the molecule is Cc1c(C(F)(F)F)[nH]c(C(=O)NCCS(C)(=O)=O)c1-c1ccc(Cl)cc1. The first-order chi connectivity index (χ1) is 11.9. The predicted molar refractivity (Wildman–Crippen MR) is 93.0 cm³/mol. The van der Waals surface area contributed by atoms with Crippen molar-refractivity contribution >= 4 is 27.3 Å². The second-order valence-corrected chi connectivity index (χ2v) is 8.46. The molecule has 1 aromatic carbocycles. The van der Waals surface area contributed by atoms with Gasteiger partial charge in [-0.15, -0.1) is 0 Å². The third-order valence-electron chi connectivity index (χ3n) is 3.65. The van der Waals surface area contributed by atoms with Gasteiger partial charge in [-0.25, -0.2) is 8.42 Å². The molecular formula is C16H16ClF3N2O3S. The minimum atomic E-state index is -4.67. The molecule has 2 aromatic rings. The summed E-state index contributed by atoms with van der Waals surface area (Å²) in [6.45, 7) is 1.05. The van der Waals surface area contributed by atoms with Crippen molar-refractivity contribution in [3.8, 4) is 11.1 Å². The zero-order chi connectivity index (χ0) is 19.7. The van der Waals surface area contributed by atoms with Crippen LogP contribution in [0.25, 0.3) is 11.1 Å². The van der Waals surface area contributed by atoms with E-state index >= 15 is 0 Å². The molecule has 0 atom stereocenters. The van der Waals surface area contributed by atoms with E-state index in [4.69, 9.17) is 11.6 Å². The summed E-state index contributed by atoms with van der Waals surface area (Å²) in [7, 11) is -3.31. The van der Waals surface area contributed by atoms with Gasteiger partial charge < -0.3 is 10.3 Å². The average Bonchev–Trinajstić information content (AvgIpc) is 2.84. The number of H-pyrrole nitrogens is 1. The van der Waals surface area contributed by atoms with Gasteiger partial charge in [0.05, 0.1) is 5.75 Å². The van der Waals surface area contributed by atoms with Gasteiger partial charge >= 0.3 is 6.18 Å². The maximum absolute atomic E-state index is 13.2. The molecule has 2 N–H and O–H groups in total. The van der Waals surface area contributed by atoms with Crippen LogP contribution in [0.4, 0.5) is 13.2 Å². The first-order valence-electron chi connectivity index (χ1n) is 7.42. The lowest BCUT2D eigenvalue weighted by atomic mass is 10.0. The van der Waals surface area contributed by atoms with Crippen molar-refractivity contribution in [1.82, 2.24) is 10.3 Å². The van der Waals surface area contributed by atoms with E-state index in [1.54, 1.807) is 0 Å². The number of amides is 1. The number of hydrogen-bond donors (Lipinski definition) is 2. The Kier molecular flexibility index (Phi) is 5.72. The van der Waals surface area contributed by atoms with Gasteiger partial charge in [0.25, 0.3) is 5.91 Å². The van der Waals surface area contributed by atoms with Crippen molar-refractivity contribution < 1.29 is 26.4 Å². The zero-order valence-electron chi connectivity index (χ0n) is 13.9. The molecule has 0 bridgehead atoms. The molecule has 26 heavy (non-hydrogen) atoms. The maximum atomic E-state index is 13.2. The zero-order valence-corrected chi connectivity index (χ0v) is 15.4. The van der Waals surface area contributed by atoms with Crippen LogP contribution in [0.3, 0.4) is 0 Å². The van der Waals surface area contributed by atoms with Gasteiger partial charge in [0, 0.05) is 23.4 Å². The molecule has 0 aliphatic heterocycles. The Bertz CT molecular complexity index is 919. The van der Waals surface area contributed by atoms with Crippen LogP contribution in [-0.4, -0.2) is 37.9 Å². The molecule has 0 aliphatic rings. The highest BCUT2D eigenvalue weighted by Gasteiger charge is 2.37. The third-order valence-corrected chi connectivity index (χ3v) is 4.85. The summed E-state index contributed by atoms with van der Waals surface area (Å²) in [5.74, 6) is -1.14. The number of carbonyl (C=O) groups is 1. The van der Waals surface area contributed by atoms with E-state index in [0.717, 1.165) is 6.26 Å². The fourth-order valence-corrected chi connectivity index (χ4v) is 3.06. The van der Waals surface area contributed by atoms with Crippen LogP contribution in [0.5, 0.6) is 0 Å². The number of benzene rings is 1. The van der Waals surface area contributed by atoms with E-state index in [2.05, 4.69) is 10.3 Å². The monoisotopic (exact) mass is 408 g/mol. The second kappa shape index (κ2) is 7.32. The Labute approximate surface area is 153 Å². The van der Waals surface area contributed by atoms with E-state index in [1.165, 1.54) is 31.2 Å². The molecule has 0 unspecified atom stereocenters. The maximum Gasteiger partial charge on any atom is 0.431 e. The van der Waals surface area contributed by atoms with Crippen LogP contribution in [-0.2, 0) is 16.0 Å². The van der Waals surface area contributed by atoms with Gasteiger partial charge in [-0.05, 0) is 30.2 Å². The van der Waals surface area contributed by atoms with Gasteiger partial charge in [-0.2, -0.15) is 13.2 Å².